The first kappa shape index (κ1) is 14.3. The Morgan fingerprint density at radius 1 is 0.952 bits per heavy atom. The summed E-state index contributed by atoms with van der Waals surface area (Å²) in [4.78, 5) is 0.453. The molecule has 0 atom stereocenters. The van der Waals surface area contributed by atoms with Gasteiger partial charge in [0.1, 0.15) is 0 Å². The largest absolute Gasteiger partial charge is 0.223 e. The third-order valence-electron chi connectivity index (χ3n) is 4.03. The van der Waals surface area contributed by atoms with Crippen molar-refractivity contribution in [3.8, 4) is 11.1 Å². The molecule has 21 heavy (non-hydrogen) atoms. The van der Waals surface area contributed by atoms with E-state index in [1.807, 2.05) is 12.1 Å². The Hall–Kier alpha value is -1.61. The molecular formula is C18H20O2S. The second kappa shape index (κ2) is 5.30. The zero-order valence-electron chi connectivity index (χ0n) is 12.4. The molecule has 1 saturated carbocycles. The van der Waals surface area contributed by atoms with Crippen LogP contribution in [-0.4, -0.2) is 13.7 Å². The number of sulfone groups is 1. The van der Waals surface area contributed by atoms with Crippen LogP contribution >= 0.6 is 0 Å². The van der Waals surface area contributed by atoms with Gasteiger partial charge < -0.3 is 0 Å². The molecular weight excluding hydrogens is 280 g/mol. The van der Waals surface area contributed by atoms with E-state index in [0.717, 1.165) is 24.0 Å². The standard InChI is InChI=1S/C18H20O2S/c1-13(2)15-4-3-5-16(12-15)14-6-8-17(9-7-14)21(19,20)18-10-11-18/h3-9,12-13,18H,10-11H2,1-2H3. The van der Waals surface area contributed by atoms with E-state index in [-0.39, 0.29) is 5.25 Å². The van der Waals surface area contributed by atoms with Crippen LogP contribution in [0.1, 0.15) is 38.2 Å². The van der Waals surface area contributed by atoms with E-state index in [0.29, 0.717) is 10.8 Å². The van der Waals surface area contributed by atoms with E-state index in [1.165, 1.54) is 5.56 Å². The van der Waals surface area contributed by atoms with Gasteiger partial charge in [-0.15, -0.1) is 0 Å². The second-order valence-electron chi connectivity index (χ2n) is 6.05. The fourth-order valence-corrected chi connectivity index (χ4v) is 4.14. The van der Waals surface area contributed by atoms with Gasteiger partial charge in [-0.1, -0.05) is 50.2 Å². The molecule has 0 unspecified atom stereocenters. The van der Waals surface area contributed by atoms with E-state index in [2.05, 4.69) is 38.1 Å². The molecule has 0 aromatic heterocycles. The first-order chi connectivity index (χ1) is 9.98. The molecule has 0 spiro atoms. The van der Waals surface area contributed by atoms with Gasteiger partial charge in [-0.2, -0.15) is 0 Å². The summed E-state index contributed by atoms with van der Waals surface area (Å²) in [6.07, 6.45) is 1.61. The Bertz CT molecular complexity index is 739. The highest BCUT2D eigenvalue weighted by molar-refractivity contribution is 7.92. The molecule has 3 heteroatoms. The van der Waals surface area contributed by atoms with Crippen LogP contribution in [0.25, 0.3) is 11.1 Å². The van der Waals surface area contributed by atoms with Crippen LogP contribution in [0.5, 0.6) is 0 Å². The SMILES string of the molecule is CC(C)c1cccc(-c2ccc(S(=O)(=O)C3CC3)cc2)c1. The van der Waals surface area contributed by atoms with E-state index in [1.54, 1.807) is 12.1 Å². The van der Waals surface area contributed by atoms with Crippen LogP contribution in [0.4, 0.5) is 0 Å². The summed E-state index contributed by atoms with van der Waals surface area (Å²) in [6.45, 7) is 4.34. The highest BCUT2D eigenvalue weighted by Crippen LogP contribution is 2.34. The summed E-state index contributed by atoms with van der Waals surface area (Å²) >= 11 is 0. The van der Waals surface area contributed by atoms with Crippen molar-refractivity contribution in [1.29, 1.82) is 0 Å². The van der Waals surface area contributed by atoms with Crippen molar-refractivity contribution in [3.63, 3.8) is 0 Å². The van der Waals surface area contributed by atoms with Gasteiger partial charge in [0.25, 0.3) is 0 Å². The molecule has 0 bridgehead atoms. The van der Waals surface area contributed by atoms with Gasteiger partial charge in [0.05, 0.1) is 10.1 Å². The summed E-state index contributed by atoms with van der Waals surface area (Å²) < 4.78 is 24.4. The Kier molecular flexibility index (Phi) is 3.62. The minimum absolute atomic E-state index is 0.146. The molecule has 2 aromatic carbocycles. The predicted molar refractivity (Wildman–Crippen MR) is 86.2 cm³/mol. The average molecular weight is 300 g/mol. The molecule has 1 fully saturated rings. The summed E-state index contributed by atoms with van der Waals surface area (Å²) in [5.74, 6) is 0.486. The van der Waals surface area contributed by atoms with E-state index < -0.39 is 9.84 Å². The molecule has 2 nitrogen and oxygen atoms in total. The number of hydrogen-bond acceptors (Lipinski definition) is 2. The Morgan fingerprint density at radius 3 is 2.19 bits per heavy atom. The molecule has 1 aliphatic carbocycles. The molecule has 0 radical (unpaired) electrons. The smallest absolute Gasteiger partial charge is 0.181 e. The molecule has 0 heterocycles. The van der Waals surface area contributed by atoms with Crippen LogP contribution in [0, 0.1) is 0 Å². The van der Waals surface area contributed by atoms with Crippen LogP contribution in [0.3, 0.4) is 0 Å². The molecule has 0 amide bonds. The van der Waals surface area contributed by atoms with Gasteiger partial charge in [0.15, 0.2) is 9.84 Å². The predicted octanol–water partition coefficient (Wildman–Crippen LogP) is 4.41. The van der Waals surface area contributed by atoms with Gasteiger partial charge in [0, 0.05) is 0 Å². The lowest BCUT2D eigenvalue weighted by molar-refractivity contribution is 0.595. The minimum atomic E-state index is -3.09. The number of benzene rings is 2. The normalized spacial score (nSPS) is 15.4. The fraction of sp³-hybridized carbons (Fsp3) is 0.333. The lowest BCUT2D eigenvalue weighted by atomic mass is 9.97. The number of rotatable bonds is 4. The molecule has 3 rings (SSSR count). The van der Waals surface area contributed by atoms with Gasteiger partial charge in [-0.3, -0.25) is 0 Å². The van der Waals surface area contributed by atoms with Crippen LogP contribution in [-0.2, 0) is 9.84 Å². The lowest BCUT2D eigenvalue weighted by Crippen LogP contribution is -2.06. The second-order valence-corrected chi connectivity index (χ2v) is 8.28. The van der Waals surface area contributed by atoms with E-state index in [4.69, 9.17) is 0 Å². The molecule has 110 valence electrons. The van der Waals surface area contributed by atoms with Crippen molar-refractivity contribution in [2.75, 3.05) is 0 Å². The molecule has 0 saturated heterocycles. The van der Waals surface area contributed by atoms with Crippen molar-refractivity contribution in [2.45, 2.75) is 42.8 Å². The van der Waals surface area contributed by atoms with Crippen molar-refractivity contribution in [2.24, 2.45) is 0 Å². The quantitative estimate of drug-likeness (QED) is 0.838. The molecule has 1 aliphatic rings. The van der Waals surface area contributed by atoms with Gasteiger partial charge >= 0.3 is 0 Å². The summed E-state index contributed by atoms with van der Waals surface area (Å²) in [5.41, 5.74) is 3.49. The van der Waals surface area contributed by atoms with Crippen molar-refractivity contribution in [3.05, 3.63) is 54.1 Å². The van der Waals surface area contributed by atoms with Crippen LogP contribution in [0.2, 0.25) is 0 Å². The maximum absolute atomic E-state index is 12.2. The van der Waals surface area contributed by atoms with Crippen LogP contribution < -0.4 is 0 Å². The van der Waals surface area contributed by atoms with E-state index >= 15 is 0 Å². The van der Waals surface area contributed by atoms with E-state index in [9.17, 15) is 8.42 Å². The average Bonchev–Trinajstić information content (AvgIpc) is 3.32. The maximum atomic E-state index is 12.2. The summed E-state index contributed by atoms with van der Waals surface area (Å²) in [6, 6.07) is 15.7. The minimum Gasteiger partial charge on any atom is -0.223 e. The fourth-order valence-electron chi connectivity index (χ4n) is 2.49. The highest BCUT2D eigenvalue weighted by atomic mass is 32.2. The third-order valence-corrected chi connectivity index (χ3v) is 6.31. The lowest BCUT2D eigenvalue weighted by Gasteiger charge is -2.09. The topological polar surface area (TPSA) is 34.1 Å². The third kappa shape index (κ3) is 2.88. The Morgan fingerprint density at radius 2 is 1.62 bits per heavy atom. The summed E-state index contributed by atoms with van der Waals surface area (Å²) in [5, 5.41) is -0.146. The zero-order valence-corrected chi connectivity index (χ0v) is 13.2. The zero-order chi connectivity index (χ0) is 15.0. The molecule has 2 aromatic rings. The van der Waals surface area contributed by atoms with Gasteiger partial charge in [0.2, 0.25) is 0 Å². The first-order valence-electron chi connectivity index (χ1n) is 7.43. The monoisotopic (exact) mass is 300 g/mol. The highest BCUT2D eigenvalue weighted by Gasteiger charge is 2.36. The first-order valence-corrected chi connectivity index (χ1v) is 8.97. The van der Waals surface area contributed by atoms with Crippen molar-refractivity contribution < 1.29 is 8.42 Å². The Labute approximate surface area is 126 Å². The van der Waals surface area contributed by atoms with Gasteiger partial charge in [-0.05, 0) is 47.6 Å². The van der Waals surface area contributed by atoms with Gasteiger partial charge in [-0.25, -0.2) is 8.42 Å². The number of hydrogen-bond donors (Lipinski definition) is 0. The van der Waals surface area contributed by atoms with Crippen molar-refractivity contribution in [1.82, 2.24) is 0 Å². The van der Waals surface area contributed by atoms with Crippen molar-refractivity contribution >= 4 is 9.84 Å². The maximum Gasteiger partial charge on any atom is 0.181 e. The van der Waals surface area contributed by atoms with Crippen LogP contribution in [0.15, 0.2) is 53.4 Å². The summed E-state index contributed by atoms with van der Waals surface area (Å²) in [7, 11) is -3.09. The molecule has 0 aliphatic heterocycles. The Balaban J connectivity index is 1.92. The molecule has 0 N–H and O–H groups in total.